The van der Waals surface area contributed by atoms with Crippen LogP contribution in [0.25, 0.3) is 0 Å². The Morgan fingerprint density at radius 3 is 2.88 bits per heavy atom. The highest BCUT2D eigenvalue weighted by Crippen LogP contribution is 2.01. The number of hydrogen-bond donors (Lipinski definition) is 3. The molecular weight excluding hydrogens is 234 g/mol. The fourth-order valence-electron chi connectivity index (χ4n) is 0.882. The molecule has 0 aliphatic heterocycles. The summed E-state index contributed by atoms with van der Waals surface area (Å²) in [6.07, 6.45) is 3.04. The summed E-state index contributed by atoms with van der Waals surface area (Å²) in [6, 6.07) is 2.79. The second-order valence-electron chi connectivity index (χ2n) is 2.88. The highest BCUT2D eigenvalue weighted by atomic mass is 35.5. The summed E-state index contributed by atoms with van der Waals surface area (Å²) in [7, 11) is 0. The largest absolute Gasteiger partial charge is 0.480 e. The van der Waals surface area contributed by atoms with Crippen LogP contribution in [-0.4, -0.2) is 34.0 Å². The third-order valence-electron chi connectivity index (χ3n) is 1.63. The van der Waals surface area contributed by atoms with Crippen molar-refractivity contribution < 1.29 is 14.7 Å². The van der Waals surface area contributed by atoms with Crippen molar-refractivity contribution in [3.63, 3.8) is 0 Å². The van der Waals surface area contributed by atoms with Gasteiger partial charge >= 0.3 is 12.0 Å². The van der Waals surface area contributed by atoms with Crippen molar-refractivity contribution in [3.05, 3.63) is 24.5 Å². The van der Waals surface area contributed by atoms with Gasteiger partial charge < -0.3 is 15.7 Å². The lowest BCUT2D eigenvalue weighted by molar-refractivity contribution is -0.136. The van der Waals surface area contributed by atoms with Gasteiger partial charge in [-0.05, 0) is 12.1 Å². The van der Waals surface area contributed by atoms with Gasteiger partial charge in [0.2, 0.25) is 0 Å². The normalized spacial score (nSPS) is 11.6. The number of hydrogen-bond acceptors (Lipinski definition) is 3. The van der Waals surface area contributed by atoms with Crippen LogP contribution in [0.4, 0.5) is 10.5 Å². The average molecular weight is 244 g/mol. The number of alkyl halides is 1. The standard InChI is InChI=1S/C9H10ClN3O3/c10-7(8(14)15)5-12-9(16)13-6-2-1-3-11-4-6/h1-4,7H,5H2,(H,14,15)(H2,12,13,16). The number of carboxylic acids is 1. The van der Waals surface area contributed by atoms with Crippen LogP contribution in [0, 0.1) is 0 Å². The Balaban J connectivity index is 2.35. The number of urea groups is 1. The molecule has 1 aromatic heterocycles. The number of amides is 2. The summed E-state index contributed by atoms with van der Waals surface area (Å²) in [5.41, 5.74) is 0.515. The molecule has 3 N–H and O–H groups in total. The second kappa shape index (κ2) is 5.92. The van der Waals surface area contributed by atoms with Crippen molar-refractivity contribution in [2.24, 2.45) is 0 Å². The molecule has 6 nitrogen and oxygen atoms in total. The second-order valence-corrected chi connectivity index (χ2v) is 3.41. The van der Waals surface area contributed by atoms with Gasteiger partial charge in [-0.2, -0.15) is 0 Å². The predicted molar refractivity (Wildman–Crippen MR) is 58.5 cm³/mol. The topological polar surface area (TPSA) is 91.3 Å². The summed E-state index contributed by atoms with van der Waals surface area (Å²) in [5.74, 6) is -1.18. The van der Waals surface area contributed by atoms with Gasteiger partial charge in [-0.1, -0.05) is 0 Å². The SMILES string of the molecule is O=C(NCC(Cl)C(=O)O)Nc1cccnc1. The number of pyridine rings is 1. The molecule has 0 radical (unpaired) electrons. The van der Waals surface area contributed by atoms with Crippen LogP contribution in [0.3, 0.4) is 0 Å². The molecule has 16 heavy (non-hydrogen) atoms. The van der Waals surface area contributed by atoms with Crippen LogP contribution in [0.2, 0.25) is 0 Å². The first kappa shape index (κ1) is 12.3. The first-order valence-corrected chi connectivity index (χ1v) is 4.85. The molecule has 0 bridgehead atoms. The number of aromatic nitrogens is 1. The van der Waals surface area contributed by atoms with E-state index in [2.05, 4.69) is 15.6 Å². The first-order valence-electron chi connectivity index (χ1n) is 4.41. The molecule has 1 unspecified atom stereocenters. The van der Waals surface area contributed by atoms with Gasteiger partial charge in [-0.25, -0.2) is 4.79 Å². The van der Waals surface area contributed by atoms with Crippen molar-refractivity contribution in [3.8, 4) is 0 Å². The summed E-state index contributed by atoms with van der Waals surface area (Å²) in [5, 5.41) is 12.1. The monoisotopic (exact) mass is 243 g/mol. The smallest absolute Gasteiger partial charge is 0.323 e. The first-order chi connectivity index (χ1) is 7.59. The zero-order chi connectivity index (χ0) is 12.0. The van der Waals surface area contributed by atoms with Gasteiger partial charge in [-0.15, -0.1) is 11.6 Å². The van der Waals surface area contributed by atoms with Gasteiger partial charge in [-0.3, -0.25) is 9.78 Å². The maximum atomic E-state index is 11.2. The van der Waals surface area contributed by atoms with Gasteiger partial charge in [0, 0.05) is 12.7 Å². The maximum Gasteiger partial charge on any atom is 0.323 e. The average Bonchev–Trinajstić information content (AvgIpc) is 2.27. The Labute approximate surface area is 96.6 Å². The zero-order valence-corrected chi connectivity index (χ0v) is 8.94. The zero-order valence-electron chi connectivity index (χ0n) is 8.18. The van der Waals surface area contributed by atoms with E-state index >= 15 is 0 Å². The maximum absolute atomic E-state index is 11.2. The number of carboxylic acid groups (broad SMARTS) is 1. The molecule has 1 heterocycles. The number of halogens is 1. The minimum Gasteiger partial charge on any atom is -0.480 e. The molecule has 86 valence electrons. The van der Waals surface area contributed by atoms with Gasteiger partial charge in [0.1, 0.15) is 5.38 Å². The molecule has 0 aliphatic rings. The van der Waals surface area contributed by atoms with E-state index in [0.717, 1.165) is 0 Å². The number of nitrogens with zero attached hydrogens (tertiary/aromatic N) is 1. The van der Waals surface area contributed by atoms with E-state index in [9.17, 15) is 9.59 Å². The van der Waals surface area contributed by atoms with E-state index in [1.54, 1.807) is 18.3 Å². The Bertz CT molecular complexity index is 372. The van der Waals surface area contributed by atoms with Crippen molar-refractivity contribution in [1.82, 2.24) is 10.3 Å². The molecule has 0 saturated heterocycles. The minimum atomic E-state index is -1.18. The molecule has 1 aromatic rings. The lowest BCUT2D eigenvalue weighted by atomic mass is 10.4. The van der Waals surface area contributed by atoms with E-state index in [0.29, 0.717) is 5.69 Å². The number of rotatable bonds is 4. The van der Waals surface area contributed by atoms with Crippen molar-refractivity contribution in [2.75, 3.05) is 11.9 Å². The van der Waals surface area contributed by atoms with Crippen LogP contribution >= 0.6 is 11.6 Å². The summed E-state index contributed by atoms with van der Waals surface area (Å²) >= 11 is 5.41. The molecule has 0 aliphatic carbocycles. The van der Waals surface area contributed by atoms with Gasteiger partial charge in [0.25, 0.3) is 0 Å². The number of carbonyl (C=O) groups excluding carboxylic acids is 1. The number of nitrogens with one attached hydrogen (secondary N) is 2. The van der Waals surface area contributed by atoms with Gasteiger partial charge in [0.05, 0.1) is 11.9 Å². The summed E-state index contributed by atoms with van der Waals surface area (Å²) < 4.78 is 0. The summed E-state index contributed by atoms with van der Waals surface area (Å²) in [6.45, 7) is -0.150. The lowest BCUT2D eigenvalue weighted by Crippen LogP contribution is -2.36. The molecule has 1 rings (SSSR count). The highest BCUT2D eigenvalue weighted by molar-refractivity contribution is 6.29. The molecule has 1 atom stereocenters. The Morgan fingerprint density at radius 1 is 1.56 bits per heavy atom. The van der Waals surface area contributed by atoms with E-state index < -0.39 is 17.4 Å². The fraction of sp³-hybridized carbons (Fsp3) is 0.222. The van der Waals surface area contributed by atoms with E-state index in [-0.39, 0.29) is 6.54 Å². The highest BCUT2D eigenvalue weighted by Gasteiger charge is 2.14. The Morgan fingerprint density at radius 2 is 2.31 bits per heavy atom. The molecule has 0 spiro atoms. The third-order valence-corrected chi connectivity index (χ3v) is 1.97. The molecular formula is C9H10ClN3O3. The van der Waals surface area contributed by atoms with E-state index in [4.69, 9.17) is 16.7 Å². The van der Waals surface area contributed by atoms with Crippen LogP contribution in [0.1, 0.15) is 0 Å². The van der Waals surface area contributed by atoms with E-state index in [1.807, 2.05) is 0 Å². The minimum absolute atomic E-state index is 0.150. The van der Waals surface area contributed by atoms with Crippen LogP contribution in [0.15, 0.2) is 24.5 Å². The van der Waals surface area contributed by atoms with Gasteiger partial charge in [0.15, 0.2) is 0 Å². The Hall–Kier alpha value is -1.82. The number of aliphatic carboxylic acids is 1. The molecule has 0 aromatic carbocycles. The summed E-state index contributed by atoms with van der Waals surface area (Å²) in [4.78, 5) is 25.4. The van der Waals surface area contributed by atoms with Crippen LogP contribution in [0.5, 0.6) is 0 Å². The van der Waals surface area contributed by atoms with Crippen LogP contribution in [-0.2, 0) is 4.79 Å². The number of carbonyl (C=O) groups is 2. The lowest BCUT2D eigenvalue weighted by Gasteiger charge is -2.08. The van der Waals surface area contributed by atoms with Crippen molar-refractivity contribution in [2.45, 2.75) is 5.38 Å². The number of anilines is 1. The Kier molecular flexibility index (Phi) is 4.53. The van der Waals surface area contributed by atoms with Crippen molar-refractivity contribution >= 4 is 29.3 Å². The molecule has 2 amide bonds. The fourth-order valence-corrected chi connectivity index (χ4v) is 0.959. The quantitative estimate of drug-likeness (QED) is 0.685. The molecule has 0 fully saturated rings. The molecule has 0 saturated carbocycles. The predicted octanol–water partition coefficient (Wildman–Crippen LogP) is 0.895. The van der Waals surface area contributed by atoms with Crippen LogP contribution < -0.4 is 10.6 Å². The molecule has 7 heteroatoms. The van der Waals surface area contributed by atoms with Crippen molar-refractivity contribution in [1.29, 1.82) is 0 Å². The van der Waals surface area contributed by atoms with E-state index in [1.165, 1.54) is 6.20 Å². The third kappa shape index (κ3) is 4.14.